The third-order valence-corrected chi connectivity index (χ3v) is 1.41. The molecule has 0 heterocycles. The summed E-state index contributed by atoms with van der Waals surface area (Å²) in [5.74, 6) is 2.02. The number of carbonyl (C=O) groups excluding carboxylic acids is 1. The standard InChI is InChI=1S/C6H10NO2P/c1-3-4-5(7-10)6(8)9-2/h1,5,7H,4,10H2,2H3. The number of hydrogen-bond donors (Lipinski definition) is 1. The Morgan fingerprint density at radius 3 is 2.90 bits per heavy atom. The van der Waals surface area contributed by atoms with Gasteiger partial charge in [-0.2, -0.15) is 0 Å². The van der Waals surface area contributed by atoms with Crippen molar-refractivity contribution in [1.29, 1.82) is 0 Å². The van der Waals surface area contributed by atoms with E-state index in [1.54, 1.807) is 0 Å². The second-order valence-corrected chi connectivity index (χ2v) is 1.98. The number of ether oxygens (including phenoxy) is 1. The highest BCUT2D eigenvalue weighted by Gasteiger charge is 2.14. The average Bonchev–Trinajstić information content (AvgIpc) is 1.99. The highest BCUT2D eigenvalue weighted by atomic mass is 31.0. The van der Waals surface area contributed by atoms with Crippen LogP contribution >= 0.6 is 9.39 Å². The van der Waals surface area contributed by atoms with Gasteiger partial charge in [-0.3, -0.25) is 9.88 Å². The van der Waals surface area contributed by atoms with E-state index in [2.05, 4.69) is 25.1 Å². The summed E-state index contributed by atoms with van der Waals surface area (Å²) in [5, 5.41) is 2.65. The van der Waals surface area contributed by atoms with Crippen molar-refractivity contribution in [2.45, 2.75) is 12.5 Å². The van der Waals surface area contributed by atoms with Crippen LogP contribution in [-0.4, -0.2) is 19.1 Å². The zero-order valence-corrected chi connectivity index (χ0v) is 6.91. The molecular weight excluding hydrogens is 149 g/mol. The molecule has 0 bridgehead atoms. The van der Waals surface area contributed by atoms with Gasteiger partial charge in [-0.25, -0.2) is 0 Å². The lowest BCUT2D eigenvalue weighted by molar-refractivity contribution is -0.142. The number of carbonyl (C=O) groups is 1. The van der Waals surface area contributed by atoms with E-state index in [0.717, 1.165) is 0 Å². The Morgan fingerprint density at radius 2 is 2.60 bits per heavy atom. The third kappa shape index (κ3) is 2.82. The molecule has 0 fully saturated rings. The van der Waals surface area contributed by atoms with Crippen molar-refractivity contribution in [2.75, 3.05) is 7.11 Å². The van der Waals surface area contributed by atoms with E-state index in [4.69, 9.17) is 6.42 Å². The highest BCUT2D eigenvalue weighted by Crippen LogP contribution is 1.94. The first-order valence-corrected chi connectivity index (χ1v) is 3.31. The monoisotopic (exact) mass is 159 g/mol. The van der Waals surface area contributed by atoms with Crippen LogP contribution in [-0.2, 0) is 9.53 Å². The molecular formula is C6H10NO2P. The van der Waals surface area contributed by atoms with Crippen LogP contribution in [0.3, 0.4) is 0 Å². The van der Waals surface area contributed by atoms with E-state index >= 15 is 0 Å². The van der Waals surface area contributed by atoms with Crippen LogP contribution in [0.2, 0.25) is 0 Å². The Morgan fingerprint density at radius 1 is 2.00 bits per heavy atom. The maximum Gasteiger partial charge on any atom is 0.324 e. The summed E-state index contributed by atoms with van der Waals surface area (Å²) < 4.78 is 4.45. The van der Waals surface area contributed by atoms with Gasteiger partial charge >= 0.3 is 5.97 Å². The van der Waals surface area contributed by atoms with Gasteiger partial charge in [-0.15, -0.1) is 12.3 Å². The summed E-state index contributed by atoms with van der Waals surface area (Å²) in [6.07, 6.45) is 5.33. The van der Waals surface area contributed by atoms with Gasteiger partial charge < -0.3 is 4.74 Å². The van der Waals surface area contributed by atoms with Crippen LogP contribution in [0.25, 0.3) is 0 Å². The van der Waals surface area contributed by atoms with Gasteiger partial charge in [0.05, 0.1) is 7.11 Å². The lowest BCUT2D eigenvalue weighted by Crippen LogP contribution is -2.30. The van der Waals surface area contributed by atoms with Gasteiger partial charge in [0.2, 0.25) is 0 Å². The fourth-order valence-corrected chi connectivity index (χ4v) is 0.724. The molecule has 2 atom stereocenters. The molecule has 0 aliphatic carbocycles. The summed E-state index contributed by atoms with van der Waals surface area (Å²) in [5.41, 5.74) is 0. The molecule has 0 aliphatic heterocycles. The SMILES string of the molecule is C#CCC(NP)C(=O)OC. The minimum Gasteiger partial charge on any atom is -0.468 e. The van der Waals surface area contributed by atoms with Crippen molar-refractivity contribution in [3.63, 3.8) is 0 Å². The molecule has 0 saturated carbocycles. The second kappa shape index (κ2) is 5.22. The van der Waals surface area contributed by atoms with Gasteiger partial charge in [-0.1, -0.05) is 9.39 Å². The number of nitrogens with one attached hydrogen (secondary N) is 1. The Hall–Kier alpha value is -0.580. The van der Waals surface area contributed by atoms with Gasteiger partial charge in [0.1, 0.15) is 6.04 Å². The number of hydrogen-bond acceptors (Lipinski definition) is 3. The third-order valence-electron chi connectivity index (χ3n) is 1.01. The molecule has 0 aromatic heterocycles. The average molecular weight is 159 g/mol. The highest BCUT2D eigenvalue weighted by molar-refractivity contribution is 7.13. The Kier molecular flexibility index (Phi) is 4.92. The molecule has 0 radical (unpaired) electrons. The van der Waals surface area contributed by atoms with E-state index in [1.807, 2.05) is 0 Å². The van der Waals surface area contributed by atoms with Crippen molar-refractivity contribution in [2.24, 2.45) is 0 Å². The van der Waals surface area contributed by atoms with E-state index in [0.29, 0.717) is 6.42 Å². The summed E-state index contributed by atoms with van der Waals surface area (Å²) in [7, 11) is 3.55. The van der Waals surface area contributed by atoms with E-state index < -0.39 is 6.04 Å². The molecule has 0 amide bonds. The quantitative estimate of drug-likeness (QED) is 0.356. The van der Waals surface area contributed by atoms with E-state index in [9.17, 15) is 4.79 Å². The minimum atomic E-state index is -0.403. The smallest absolute Gasteiger partial charge is 0.324 e. The van der Waals surface area contributed by atoms with Crippen molar-refractivity contribution in [3.05, 3.63) is 0 Å². The summed E-state index contributed by atoms with van der Waals surface area (Å²) in [4.78, 5) is 10.7. The van der Waals surface area contributed by atoms with Crippen LogP contribution in [0.4, 0.5) is 0 Å². The number of methoxy groups -OCH3 is 1. The topological polar surface area (TPSA) is 38.3 Å². The van der Waals surface area contributed by atoms with Crippen LogP contribution < -0.4 is 5.09 Å². The first kappa shape index (κ1) is 9.42. The molecule has 0 spiro atoms. The van der Waals surface area contributed by atoms with Crippen LogP contribution in [0.15, 0.2) is 0 Å². The zero-order chi connectivity index (χ0) is 7.98. The lowest BCUT2D eigenvalue weighted by atomic mass is 10.2. The van der Waals surface area contributed by atoms with Crippen molar-refractivity contribution in [3.8, 4) is 12.3 Å². The maximum absolute atomic E-state index is 10.7. The van der Waals surface area contributed by atoms with Gasteiger partial charge in [0.25, 0.3) is 0 Å². The van der Waals surface area contributed by atoms with Crippen molar-refractivity contribution >= 4 is 15.4 Å². The molecule has 4 heteroatoms. The Bertz CT molecular complexity index is 152. The molecule has 0 rings (SSSR count). The molecule has 0 aliphatic rings. The van der Waals surface area contributed by atoms with Gasteiger partial charge in [-0.05, 0) is 0 Å². The second-order valence-electron chi connectivity index (χ2n) is 1.65. The van der Waals surface area contributed by atoms with Crippen LogP contribution in [0, 0.1) is 12.3 Å². The first-order chi connectivity index (χ1) is 4.76. The fourth-order valence-electron chi connectivity index (χ4n) is 0.470. The van der Waals surface area contributed by atoms with Crippen LogP contribution in [0.1, 0.15) is 6.42 Å². The van der Waals surface area contributed by atoms with E-state index in [-0.39, 0.29) is 5.97 Å². The summed E-state index contributed by atoms with van der Waals surface area (Å²) in [6.45, 7) is 0. The Labute approximate surface area is 62.8 Å². The molecule has 0 aromatic carbocycles. The molecule has 1 N–H and O–H groups in total. The molecule has 56 valence electrons. The van der Waals surface area contributed by atoms with Crippen molar-refractivity contribution in [1.82, 2.24) is 5.09 Å². The molecule has 10 heavy (non-hydrogen) atoms. The molecule has 0 aromatic rings. The summed E-state index contributed by atoms with van der Waals surface area (Å²) >= 11 is 0. The lowest BCUT2D eigenvalue weighted by Gasteiger charge is -2.08. The number of rotatable bonds is 3. The first-order valence-electron chi connectivity index (χ1n) is 2.73. The largest absolute Gasteiger partial charge is 0.468 e. The zero-order valence-electron chi connectivity index (χ0n) is 5.76. The van der Waals surface area contributed by atoms with Crippen molar-refractivity contribution < 1.29 is 9.53 Å². The van der Waals surface area contributed by atoms with Gasteiger partial charge in [0.15, 0.2) is 0 Å². The van der Waals surface area contributed by atoms with Gasteiger partial charge in [0, 0.05) is 6.42 Å². The fraction of sp³-hybridized carbons (Fsp3) is 0.500. The minimum absolute atomic E-state index is 0.340. The van der Waals surface area contributed by atoms with Crippen LogP contribution in [0.5, 0.6) is 0 Å². The predicted molar refractivity (Wildman–Crippen MR) is 42.1 cm³/mol. The molecule has 3 nitrogen and oxygen atoms in total. The predicted octanol–water partition coefficient (Wildman–Crippen LogP) is -0.0690. The summed E-state index contributed by atoms with van der Waals surface area (Å²) in [6, 6.07) is -0.403. The maximum atomic E-state index is 10.7. The molecule has 0 saturated heterocycles. The Balaban J connectivity index is 3.83. The van der Waals surface area contributed by atoms with E-state index in [1.165, 1.54) is 7.11 Å². The normalized spacial score (nSPS) is 11.7. The number of esters is 1. The number of terminal acetylenes is 1. The molecule has 2 unspecified atom stereocenters.